The van der Waals surface area contributed by atoms with Crippen molar-refractivity contribution in [1.82, 2.24) is 4.98 Å². The summed E-state index contributed by atoms with van der Waals surface area (Å²) in [4.78, 5) is 4.32. The van der Waals surface area contributed by atoms with E-state index in [0.29, 0.717) is 5.92 Å². The predicted octanol–water partition coefficient (Wildman–Crippen LogP) is 4.09. The summed E-state index contributed by atoms with van der Waals surface area (Å²) in [5, 5.41) is 0. The lowest BCUT2D eigenvalue weighted by molar-refractivity contribution is 0.659. The standard InChI is InChI=1S/C14H19N/c1-4-5-8-12(2)11-13(3)14-9-6-7-10-15-14/h4,6-7,9-12H,1,5,8H2,2-3H3/b13-11-. The zero-order valence-corrected chi connectivity index (χ0v) is 9.61. The molecule has 0 aromatic carbocycles. The highest BCUT2D eigenvalue weighted by atomic mass is 14.7. The van der Waals surface area contributed by atoms with Crippen LogP contribution in [0.2, 0.25) is 0 Å². The smallest absolute Gasteiger partial charge is 0.0655 e. The maximum atomic E-state index is 4.32. The van der Waals surface area contributed by atoms with Gasteiger partial charge in [0.2, 0.25) is 0 Å². The largest absolute Gasteiger partial charge is 0.257 e. The highest BCUT2D eigenvalue weighted by Crippen LogP contribution is 2.16. The number of allylic oxidation sites excluding steroid dienone is 3. The number of hydrogen-bond acceptors (Lipinski definition) is 1. The number of aromatic nitrogens is 1. The Hall–Kier alpha value is -1.37. The van der Waals surface area contributed by atoms with Gasteiger partial charge in [-0.25, -0.2) is 0 Å². The molecule has 0 saturated carbocycles. The van der Waals surface area contributed by atoms with E-state index in [9.17, 15) is 0 Å². The second-order valence-corrected chi connectivity index (χ2v) is 3.91. The van der Waals surface area contributed by atoms with E-state index >= 15 is 0 Å². The fourth-order valence-corrected chi connectivity index (χ4v) is 1.57. The van der Waals surface area contributed by atoms with E-state index < -0.39 is 0 Å². The summed E-state index contributed by atoms with van der Waals surface area (Å²) in [6, 6.07) is 6.01. The quantitative estimate of drug-likeness (QED) is 0.654. The second-order valence-electron chi connectivity index (χ2n) is 3.91. The second kappa shape index (κ2) is 6.18. The van der Waals surface area contributed by atoms with Crippen LogP contribution in [0.5, 0.6) is 0 Å². The zero-order chi connectivity index (χ0) is 11.1. The van der Waals surface area contributed by atoms with Gasteiger partial charge in [-0.05, 0) is 43.4 Å². The van der Waals surface area contributed by atoms with Gasteiger partial charge in [-0.1, -0.05) is 25.1 Å². The van der Waals surface area contributed by atoms with Crippen molar-refractivity contribution in [2.75, 3.05) is 0 Å². The molecule has 0 radical (unpaired) electrons. The van der Waals surface area contributed by atoms with Crippen LogP contribution in [0.15, 0.2) is 43.1 Å². The molecule has 0 fully saturated rings. The normalized spacial score (nSPS) is 13.6. The van der Waals surface area contributed by atoms with Crippen LogP contribution < -0.4 is 0 Å². The first-order valence-electron chi connectivity index (χ1n) is 5.44. The minimum Gasteiger partial charge on any atom is -0.257 e. The summed E-state index contributed by atoms with van der Waals surface area (Å²) < 4.78 is 0. The average molecular weight is 201 g/mol. The summed E-state index contributed by atoms with van der Waals surface area (Å²) in [7, 11) is 0. The van der Waals surface area contributed by atoms with Crippen LogP contribution in [0.1, 0.15) is 32.4 Å². The molecule has 0 N–H and O–H groups in total. The highest BCUT2D eigenvalue weighted by molar-refractivity contribution is 5.60. The average Bonchev–Trinajstić information content (AvgIpc) is 2.27. The topological polar surface area (TPSA) is 12.9 Å². The van der Waals surface area contributed by atoms with Gasteiger partial charge in [0.05, 0.1) is 5.69 Å². The molecule has 0 amide bonds. The van der Waals surface area contributed by atoms with Crippen molar-refractivity contribution in [2.45, 2.75) is 26.7 Å². The lowest BCUT2D eigenvalue weighted by atomic mass is 10.0. The molecule has 1 aromatic rings. The van der Waals surface area contributed by atoms with Crippen LogP contribution in [0.4, 0.5) is 0 Å². The van der Waals surface area contributed by atoms with Crippen LogP contribution in [0.3, 0.4) is 0 Å². The van der Waals surface area contributed by atoms with E-state index in [4.69, 9.17) is 0 Å². The first kappa shape index (κ1) is 11.7. The highest BCUT2D eigenvalue weighted by Gasteiger charge is 2.00. The molecule has 0 spiro atoms. The summed E-state index contributed by atoms with van der Waals surface area (Å²) >= 11 is 0. The van der Waals surface area contributed by atoms with Gasteiger partial charge in [-0.15, -0.1) is 6.58 Å². The van der Waals surface area contributed by atoms with Gasteiger partial charge >= 0.3 is 0 Å². The first-order chi connectivity index (χ1) is 7.24. The number of rotatable bonds is 5. The molecular formula is C14H19N. The zero-order valence-electron chi connectivity index (χ0n) is 9.61. The fourth-order valence-electron chi connectivity index (χ4n) is 1.57. The van der Waals surface area contributed by atoms with Crippen molar-refractivity contribution in [1.29, 1.82) is 0 Å². The summed E-state index contributed by atoms with van der Waals surface area (Å²) in [6.07, 6.45) is 8.33. The summed E-state index contributed by atoms with van der Waals surface area (Å²) in [5.41, 5.74) is 2.33. The molecular weight excluding hydrogens is 182 g/mol. The Morgan fingerprint density at radius 1 is 1.53 bits per heavy atom. The third-order valence-corrected chi connectivity index (χ3v) is 2.43. The Morgan fingerprint density at radius 3 is 2.93 bits per heavy atom. The van der Waals surface area contributed by atoms with Gasteiger partial charge in [-0.2, -0.15) is 0 Å². The molecule has 1 atom stereocenters. The van der Waals surface area contributed by atoms with Gasteiger partial charge in [0, 0.05) is 6.20 Å². The van der Waals surface area contributed by atoms with E-state index in [1.165, 1.54) is 5.57 Å². The van der Waals surface area contributed by atoms with Crippen LogP contribution in [-0.4, -0.2) is 4.98 Å². The van der Waals surface area contributed by atoms with Gasteiger partial charge in [0.1, 0.15) is 0 Å². The van der Waals surface area contributed by atoms with Crippen molar-refractivity contribution in [3.05, 3.63) is 48.8 Å². The Kier molecular flexibility index (Phi) is 4.82. The first-order valence-corrected chi connectivity index (χ1v) is 5.44. The molecule has 80 valence electrons. The molecule has 0 saturated heterocycles. The van der Waals surface area contributed by atoms with E-state index in [1.807, 2.05) is 30.5 Å². The van der Waals surface area contributed by atoms with Crippen LogP contribution >= 0.6 is 0 Å². The van der Waals surface area contributed by atoms with E-state index in [2.05, 4.69) is 31.5 Å². The van der Waals surface area contributed by atoms with Crippen LogP contribution in [0.25, 0.3) is 5.57 Å². The molecule has 0 aliphatic rings. The Balaban J connectivity index is 2.63. The SMILES string of the molecule is C=CCCC(C)/C=C(/C)c1ccccn1. The third-order valence-electron chi connectivity index (χ3n) is 2.43. The molecule has 15 heavy (non-hydrogen) atoms. The van der Waals surface area contributed by atoms with Crippen molar-refractivity contribution in [3.8, 4) is 0 Å². The van der Waals surface area contributed by atoms with E-state index in [-0.39, 0.29) is 0 Å². The molecule has 1 heteroatoms. The van der Waals surface area contributed by atoms with Gasteiger partial charge < -0.3 is 0 Å². The fraction of sp³-hybridized carbons (Fsp3) is 0.357. The minimum atomic E-state index is 0.588. The van der Waals surface area contributed by atoms with Crippen molar-refractivity contribution in [3.63, 3.8) is 0 Å². The summed E-state index contributed by atoms with van der Waals surface area (Å²) in [5.74, 6) is 0.588. The van der Waals surface area contributed by atoms with E-state index in [0.717, 1.165) is 18.5 Å². The van der Waals surface area contributed by atoms with Crippen molar-refractivity contribution in [2.24, 2.45) is 5.92 Å². The lowest BCUT2D eigenvalue weighted by Crippen LogP contribution is -1.91. The predicted molar refractivity (Wildman–Crippen MR) is 66.5 cm³/mol. The van der Waals surface area contributed by atoms with E-state index in [1.54, 1.807) is 0 Å². The van der Waals surface area contributed by atoms with Crippen molar-refractivity contribution >= 4 is 5.57 Å². The Bertz CT molecular complexity index is 324. The molecule has 0 aliphatic carbocycles. The number of pyridine rings is 1. The molecule has 1 rings (SSSR count). The minimum absolute atomic E-state index is 0.588. The lowest BCUT2D eigenvalue weighted by Gasteiger charge is -2.06. The third kappa shape index (κ3) is 4.11. The number of nitrogens with zero attached hydrogens (tertiary/aromatic N) is 1. The molecule has 1 heterocycles. The Morgan fingerprint density at radius 2 is 2.33 bits per heavy atom. The van der Waals surface area contributed by atoms with Crippen LogP contribution in [0, 0.1) is 5.92 Å². The molecule has 0 bridgehead atoms. The molecule has 1 nitrogen and oxygen atoms in total. The molecule has 1 unspecified atom stereocenters. The maximum Gasteiger partial charge on any atom is 0.0655 e. The molecule has 1 aromatic heterocycles. The Labute approximate surface area is 92.6 Å². The number of hydrogen-bond donors (Lipinski definition) is 0. The monoisotopic (exact) mass is 201 g/mol. The maximum absolute atomic E-state index is 4.32. The molecule has 0 aliphatic heterocycles. The van der Waals surface area contributed by atoms with Gasteiger partial charge in [0.15, 0.2) is 0 Å². The summed E-state index contributed by atoms with van der Waals surface area (Å²) in [6.45, 7) is 8.09. The van der Waals surface area contributed by atoms with Gasteiger partial charge in [-0.3, -0.25) is 4.98 Å². The van der Waals surface area contributed by atoms with Gasteiger partial charge in [0.25, 0.3) is 0 Å². The van der Waals surface area contributed by atoms with Crippen molar-refractivity contribution < 1.29 is 0 Å². The van der Waals surface area contributed by atoms with Crippen LogP contribution in [-0.2, 0) is 0 Å².